The van der Waals surface area contributed by atoms with Crippen LogP contribution in [0, 0.1) is 5.92 Å². The van der Waals surface area contributed by atoms with Gasteiger partial charge in [0.05, 0.1) is 23.8 Å². The van der Waals surface area contributed by atoms with Crippen LogP contribution in [0.5, 0.6) is 0 Å². The fraction of sp³-hybridized carbons (Fsp3) is 0.333. The molecule has 1 aliphatic rings. The van der Waals surface area contributed by atoms with Crippen molar-refractivity contribution in [1.82, 2.24) is 19.4 Å². The van der Waals surface area contributed by atoms with Gasteiger partial charge in [0.1, 0.15) is 11.5 Å². The van der Waals surface area contributed by atoms with Crippen LogP contribution in [0.4, 0.5) is 5.82 Å². The number of aromatic nitrogens is 4. The number of rotatable bonds is 4. The molecule has 0 aromatic carbocycles. The third-order valence-corrected chi connectivity index (χ3v) is 4.84. The molecule has 0 aliphatic carbocycles. The Bertz CT molecular complexity index is 946. The van der Waals surface area contributed by atoms with Gasteiger partial charge in [-0.25, -0.2) is 15.0 Å². The first-order valence-corrected chi connectivity index (χ1v) is 8.62. The molecule has 8 heteroatoms. The van der Waals surface area contributed by atoms with E-state index in [4.69, 9.17) is 10.7 Å². The number of nitrogens with two attached hydrogens (primary N) is 1. The molecule has 134 valence electrons. The summed E-state index contributed by atoms with van der Waals surface area (Å²) < 4.78 is 1.78. The number of aliphatic hydroxyl groups excluding tert-OH is 1. The summed E-state index contributed by atoms with van der Waals surface area (Å²) in [6.45, 7) is 2.01. The fourth-order valence-electron chi connectivity index (χ4n) is 3.29. The van der Waals surface area contributed by atoms with E-state index >= 15 is 0 Å². The summed E-state index contributed by atoms with van der Waals surface area (Å²) in [6, 6.07) is 5.87. The van der Waals surface area contributed by atoms with Crippen molar-refractivity contribution < 1.29 is 9.90 Å². The normalized spacial score (nSPS) is 15.5. The van der Waals surface area contributed by atoms with Gasteiger partial charge in [0, 0.05) is 25.9 Å². The zero-order chi connectivity index (χ0) is 18.1. The van der Waals surface area contributed by atoms with Gasteiger partial charge >= 0.3 is 0 Å². The third-order valence-electron chi connectivity index (χ3n) is 4.84. The van der Waals surface area contributed by atoms with Crippen LogP contribution in [0.1, 0.15) is 23.3 Å². The van der Waals surface area contributed by atoms with Gasteiger partial charge in [0.15, 0.2) is 5.65 Å². The number of piperidine rings is 1. The number of anilines is 1. The van der Waals surface area contributed by atoms with E-state index in [-0.39, 0.29) is 12.3 Å². The molecule has 0 saturated carbocycles. The largest absolute Gasteiger partial charge is 0.396 e. The lowest BCUT2D eigenvalue weighted by atomic mass is 9.98. The molecule has 1 aliphatic heterocycles. The maximum atomic E-state index is 11.4. The van der Waals surface area contributed by atoms with Crippen LogP contribution in [-0.4, -0.2) is 50.1 Å². The number of carbonyl (C=O) groups excluding carboxylic acids is 1. The summed E-state index contributed by atoms with van der Waals surface area (Å²) in [7, 11) is 0. The molecule has 4 rings (SSSR count). The average Bonchev–Trinajstić information content (AvgIpc) is 3.11. The van der Waals surface area contributed by atoms with Gasteiger partial charge in [-0.1, -0.05) is 6.07 Å². The highest BCUT2D eigenvalue weighted by Crippen LogP contribution is 2.25. The van der Waals surface area contributed by atoms with Crippen LogP contribution in [0.15, 0.2) is 36.8 Å². The smallest absolute Gasteiger partial charge is 0.268 e. The number of pyridine rings is 1. The van der Waals surface area contributed by atoms with Crippen LogP contribution < -0.4 is 10.6 Å². The zero-order valence-corrected chi connectivity index (χ0v) is 14.2. The number of fused-ring (bicyclic) bond motifs is 1. The van der Waals surface area contributed by atoms with Gasteiger partial charge in [-0.3, -0.25) is 9.20 Å². The Labute approximate surface area is 150 Å². The Morgan fingerprint density at radius 2 is 2.04 bits per heavy atom. The van der Waals surface area contributed by atoms with Crippen molar-refractivity contribution in [2.24, 2.45) is 11.7 Å². The molecule has 0 radical (unpaired) electrons. The monoisotopic (exact) mass is 352 g/mol. The maximum absolute atomic E-state index is 11.4. The van der Waals surface area contributed by atoms with Crippen molar-refractivity contribution >= 4 is 17.4 Å². The van der Waals surface area contributed by atoms with E-state index in [1.807, 2.05) is 18.2 Å². The first-order valence-electron chi connectivity index (χ1n) is 8.62. The van der Waals surface area contributed by atoms with Crippen molar-refractivity contribution in [3.05, 3.63) is 42.5 Å². The SMILES string of the molecule is NC(=O)c1cn2c(-c3cccc(N4CCC(CO)CC4)n3)cnc2cn1. The van der Waals surface area contributed by atoms with E-state index in [1.54, 1.807) is 16.8 Å². The standard InChI is InChI=1S/C18H20N6O2/c19-18(26)14-10-24-15(8-21-17(24)9-20-14)13-2-1-3-16(22-13)23-6-4-12(11-25)5-7-23/h1-3,8-10,12,25H,4-7,11H2,(H2,19,26). The Kier molecular flexibility index (Phi) is 4.26. The second kappa shape index (κ2) is 6.72. The van der Waals surface area contributed by atoms with Crippen molar-refractivity contribution in [3.63, 3.8) is 0 Å². The second-order valence-electron chi connectivity index (χ2n) is 6.50. The fourth-order valence-corrected chi connectivity index (χ4v) is 3.29. The number of carbonyl (C=O) groups is 1. The first kappa shape index (κ1) is 16.5. The number of hydrogen-bond donors (Lipinski definition) is 2. The number of amides is 1. The predicted octanol–water partition coefficient (Wildman–Crippen LogP) is 1.10. The highest BCUT2D eigenvalue weighted by Gasteiger charge is 2.20. The number of primary amides is 1. The molecule has 3 aromatic rings. The van der Waals surface area contributed by atoms with Gasteiger partial charge < -0.3 is 15.7 Å². The topological polar surface area (TPSA) is 110 Å². The molecule has 3 aromatic heterocycles. The average molecular weight is 352 g/mol. The Hall–Kier alpha value is -3.00. The van der Waals surface area contributed by atoms with E-state index in [0.717, 1.165) is 43.1 Å². The molecule has 1 saturated heterocycles. The molecule has 1 amide bonds. The van der Waals surface area contributed by atoms with E-state index in [2.05, 4.69) is 14.9 Å². The highest BCUT2D eigenvalue weighted by atomic mass is 16.3. The molecule has 1 fully saturated rings. The van der Waals surface area contributed by atoms with Gasteiger partial charge in [0.25, 0.3) is 5.91 Å². The summed E-state index contributed by atoms with van der Waals surface area (Å²) in [4.78, 5) is 26.8. The van der Waals surface area contributed by atoms with Crippen LogP contribution in [0.3, 0.4) is 0 Å². The molecule has 26 heavy (non-hydrogen) atoms. The summed E-state index contributed by atoms with van der Waals surface area (Å²) >= 11 is 0. The molecule has 0 unspecified atom stereocenters. The Balaban J connectivity index is 1.67. The minimum Gasteiger partial charge on any atom is -0.396 e. The van der Waals surface area contributed by atoms with Crippen LogP contribution in [-0.2, 0) is 0 Å². The van der Waals surface area contributed by atoms with E-state index < -0.39 is 5.91 Å². The quantitative estimate of drug-likeness (QED) is 0.728. The molecule has 0 spiro atoms. The summed E-state index contributed by atoms with van der Waals surface area (Å²) in [5, 5.41) is 9.30. The van der Waals surface area contributed by atoms with Crippen LogP contribution in [0.25, 0.3) is 17.0 Å². The highest BCUT2D eigenvalue weighted by molar-refractivity contribution is 5.90. The van der Waals surface area contributed by atoms with Gasteiger partial charge in [0.2, 0.25) is 0 Å². The zero-order valence-electron chi connectivity index (χ0n) is 14.2. The van der Waals surface area contributed by atoms with E-state index in [9.17, 15) is 9.90 Å². The van der Waals surface area contributed by atoms with Crippen molar-refractivity contribution in [2.75, 3.05) is 24.6 Å². The number of hydrogen-bond acceptors (Lipinski definition) is 6. The lowest BCUT2D eigenvalue weighted by Gasteiger charge is -2.32. The predicted molar refractivity (Wildman–Crippen MR) is 96.8 cm³/mol. The number of imidazole rings is 1. The molecule has 0 bridgehead atoms. The Morgan fingerprint density at radius 3 is 2.77 bits per heavy atom. The lowest BCUT2D eigenvalue weighted by Crippen LogP contribution is -2.35. The Morgan fingerprint density at radius 1 is 1.23 bits per heavy atom. The second-order valence-corrected chi connectivity index (χ2v) is 6.50. The van der Waals surface area contributed by atoms with Crippen molar-refractivity contribution in [1.29, 1.82) is 0 Å². The number of aliphatic hydroxyl groups is 1. The third kappa shape index (κ3) is 2.99. The van der Waals surface area contributed by atoms with Crippen LogP contribution >= 0.6 is 0 Å². The number of nitrogens with zero attached hydrogens (tertiary/aromatic N) is 5. The van der Waals surface area contributed by atoms with Gasteiger partial charge in [-0.2, -0.15) is 0 Å². The van der Waals surface area contributed by atoms with Gasteiger partial charge in [-0.15, -0.1) is 0 Å². The minimum atomic E-state index is -0.583. The lowest BCUT2D eigenvalue weighted by molar-refractivity contribution is 0.0995. The molecule has 8 nitrogen and oxygen atoms in total. The maximum Gasteiger partial charge on any atom is 0.268 e. The summed E-state index contributed by atoms with van der Waals surface area (Å²) in [6.07, 6.45) is 6.75. The molecule has 0 atom stereocenters. The van der Waals surface area contributed by atoms with Crippen molar-refractivity contribution in [2.45, 2.75) is 12.8 Å². The van der Waals surface area contributed by atoms with E-state index in [1.165, 1.54) is 6.20 Å². The first-order chi connectivity index (χ1) is 12.7. The van der Waals surface area contributed by atoms with Crippen LogP contribution in [0.2, 0.25) is 0 Å². The van der Waals surface area contributed by atoms with E-state index in [0.29, 0.717) is 11.6 Å². The minimum absolute atomic E-state index is 0.180. The molecular formula is C18H20N6O2. The molecule has 4 heterocycles. The molecular weight excluding hydrogens is 332 g/mol. The summed E-state index contributed by atoms with van der Waals surface area (Å²) in [5.74, 6) is 0.700. The van der Waals surface area contributed by atoms with Gasteiger partial charge in [-0.05, 0) is 30.9 Å². The molecule has 3 N–H and O–H groups in total. The summed E-state index contributed by atoms with van der Waals surface area (Å²) in [5.41, 5.74) is 7.68. The van der Waals surface area contributed by atoms with Crippen molar-refractivity contribution in [3.8, 4) is 11.4 Å².